The Balaban J connectivity index is 1.73. The van der Waals surface area contributed by atoms with Crippen molar-refractivity contribution in [1.82, 2.24) is 25.8 Å². The van der Waals surface area contributed by atoms with Crippen LogP contribution in [-0.2, 0) is 20.8 Å². The quantitative estimate of drug-likeness (QED) is 0.377. The molecule has 1 aromatic heterocycles. The van der Waals surface area contributed by atoms with E-state index in [0.717, 1.165) is 40.9 Å². The van der Waals surface area contributed by atoms with E-state index in [4.69, 9.17) is 4.98 Å². The Bertz CT molecular complexity index is 1090. The van der Waals surface area contributed by atoms with Crippen LogP contribution >= 0.6 is 11.3 Å². The van der Waals surface area contributed by atoms with E-state index in [-0.39, 0.29) is 29.7 Å². The second kappa shape index (κ2) is 14.0. The average molecular weight is 544 g/mol. The zero-order valence-corrected chi connectivity index (χ0v) is 24.6. The summed E-state index contributed by atoms with van der Waals surface area (Å²) in [4.78, 5) is 45.0. The zero-order valence-electron chi connectivity index (χ0n) is 23.8. The predicted molar refractivity (Wildman–Crippen MR) is 154 cm³/mol. The third kappa shape index (κ3) is 8.76. The maximum atomic E-state index is 13.6. The lowest BCUT2D eigenvalue weighted by Crippen LogP contribution is -2.55. The molecule has 3 atom stereocenters. The van der Waals surface area contributed by atoms with Gasteiger partial charge in [-0.05, 0) is 56.5 Å². The maximum Gasteiger partial charge on any atom is 0.243 e. The number of benzene rings is 1. The van der Waals surface area contributed by atoms with Crippen LogP contribution in [0.1, 0.15) is 76.3 Å². The van der Waals surface area contributed by atoms with E-state index < -0.39 is 6.04 Å². The molecule has 1 heterocycles. The SMILES string of the molecule is CC(=O)N[C@@H](Cc1nc2ccc(C(C)C)cc2s1)C(=O)N[C@H](CNC(=O)C(C)CN(C)C)C1CCCCC1. The van der Waals surface area contributed by atoms with Gasteiger partial charge in [-0.3, -0.25) is 14.4 Å². The molecule has 3 rings (SSSR count). The molecule has 9 heteroatoms. The Morgan fingerprint density at radius 3 is 2.39 bits per heavy atom. The summed E-state index contributed by atoms with van der Waals surface area (Å²) in [7, 11) is 3.90. The van der Waals surface area contributed by atoms with Crippen LogP contribution in [0.4, 0.5) is 0 Å². The minimum Gasteiger partial charge on any atom is -0.354 e. The molecule has 8 nitrogen and oxygen atoms in total. The fraction of sp³-hybridized carbons (Fsp3) is 0.655. The summed E-state index contributed by atoms with van der Waals surface area (Å²) in [5.41, 5.74) is 2.16. The Morgan fingerprint density at radius 1 is 1.05 bits per heavy atom. The van der Waals surface area contributed by atoms with E-state index in [1.54, 1.807) is 11.3 Å². The number of aromatic nitrogens is 1. The molecule has 1 aromatic carbocycles. The van der Waals surface area contributed by atoms with Crippen molar-refractivity contribution in [3.8, 4) is 0 Å². The number of amides is 3. The van der Waals surface area contributed by atoms with E-state index in [1.807, 2.05) is 32.0 Å². The normalized spacial score (nSPS) is 16.8. The maximum absolute atomic E-state index is 13.6. The van der Waals surface area contributed by atoms with Crippen molar-refractivity contribution in [2.45, 2.75) is 84.2 Å². The summed E-state index contributed by atoms with van der Waals surface area (Å²) >= 11 is 1.57. The number of hydrogen-bond donors (Lipinski definition) is 3. The van der Waals surface area contributed by atoms with Gasteiger partial charge in [-0.1, -0.05) is 46.1 Å². The van der Waals surface area contributed by atoms with Gasteiger partial charge in [0.2, 0.25) is 17.7 Å². The fourth-order valence-corrected chi connectivity index (χ4v) is 6.30. The Labute approximate surface area is 231 Å². The lowest BCUT2D eigenvalue weighted by atomic mass is 9.83. The third-order valence-corrected chi connectivity index (χ3v) is 8.37. The number of rotatable bonds is 12. The van der Waals surface area contributed by atoms with Gasteiger partial charge in [0, 0.05) is 38.4 Å². The average Bonchev–Trinajstić information content (AvgIpc) is 3.27. The molecule has 38 heavy (non-hydrogen) atoms. The highest BCUT2D eigenvalue weighted by Gasteiger charge is 2.30. The van der Waals surface area contributed by atoms with Gasteiger partial charge in [-0.15, -0.1) is 11.3 Å². The van der Waals surface area contributed by atoms with Crippen LogP contribution in [0.3, 0.4) is 0 Å². The standard InChI is InChI=1S/C29H45N5O3S/c1-18(2)22-12-13-23-26(14-22)38-27(32-23)15-24(31-20(4)35)29(37)33-25(21-10-8-7-9-11-21)16-30-28(36)19(3)17-34(5)6/h12-14,18-19,21,24-25H,7-11,15-17H2,1-6H3,(H,30,36)(H,31,35)(H,33,37)/t19?,24-,25+/m0/s1. The highest BCUT2D eigenvalue weighted by Crippen LogP contribution is 2.28. The molecule has 0 radical (unpaired) electrons. The molecular weight excluding hydrogens is 498 g/mol. The van der Waals surface area contributed by atoms with Crippen molar-refractivity contribution in [1.29, 1.82) is 0 Å². The lowest BCUT2D eigenvalue weighted by Gasteiger charge is -2.32. The Hall–Kier alpha value is -2.52. The van der Waals surface area contributed by atoms with Gasteiger partial charge in [0.15, 0.2) is 0 Å². The highest BCUT2D eigenvalue weighted by atomic mass is 32.1. The van der Waals surface area contributed by atoms with Gasteiger partial charge in [0.25, 0.3) is 0 Å². The van der Waals surface area contributed by atoms with Gasteiger partial charge in [0.1, 0.15) is 6.04 Å². The van der Waals surface area contributed by atoms with Gasteiger partial charge >= 0.3 is 0 Å². The van der Waals surface area contributed by atoms with Crippen molar-refractivity contribution < 1.29 is 14.4 Å². The van der Waals surface area contributed by atoms with Crippen molar-refractivity contribution in [2.75, 3.05) is 27.2 Å². The van der Waals surface area contributed by atoms with Crippen LogP contribution in [0.15, 0.2) is 18.2 Å². The van der Waals surface area contributed by atoms with Crippen molar-refractivity contribution in [3.63, 3.8) is 0 Å². The number of nitrogens with zero attached hydrogens (tertiary/aromatic N) is 2. The first-order valence-electron chi connectivity index (χ1n) is 13.9. The largest absolute Gasteiger partial charge is 0.354 e. The van der Waals surface area contributed by atoms with E-state index in [0.29, 0.717) is 31.3 Å². The number of fused-ring (bicyclic) bond motifs is 1. The first kappa shape index (κ1) is 30.0. The first-order chi connectivity index (χ1) is 18.0. The third-order valence-electron chi connectivity index (χ3n) is 7.33. The number of nitrogens with one attached hydrogen (secondary N) is 3. The molecule has 1 saturated carbocycles. The van der Waals surface area contributed by atoms with E-state index in [9.17, 15) is 14.4 Å². The second-order valence-corrected chi connectivity index (χ2v) is 12.5. The Kier molecular flexibility index (Phi) is 11.1. The predicted octanol–water partition coefficient (Wildman–Crippen LogP) is 3.85. The minimum atomic E-state index is -0.730. The molecule has 210 valence electrons. The van der Waals surface area contributed by atoms with Crippen molar-refractivity contribution in [2.24, 2.45) is 11.8 Å². The summed E-state index contributed by atoms with van der Waals surface area (Å²) in [5.74, 6) is 0.0809. The molecule has 2 aromatic rings. The molecular formula is C29H45N5O3S. The summed E-state index contributed by atoms with van der Waals surface area (Å²) in [6.45, 7) is 8.72. The van der Waals surface area contributed by atoms with Crippen molar-refractivity contribution >= 4 is 39.3 Å². The monoisotopic (exact) mass is 543 g/mol. The van der Waals surface area contributed by atoms with Crippen LogP contribution in [-0.4, -0.2) is 66.9 Å². The minimum absolute atomic E-state index is 0.0117. The number of thiazole rings is 1. The first-order valence-corrected chi connectivity index (χ1v) is 14.7. The molecule has 0 spiro atoms. The smallest absolute Gasteiger partial charge is 0.243 e. The summed E-state index contributed by atoms with van der Waals surface area (Å²) in [6.07, 6.45) is 5.83. The lowest BCUT2D eigenvalue weighted by molar-refractivity contribution is -0.129. The van der Waals surface area contributed by atoms with Crippen LogP contribution in [0.5, 0.6) is 0 Å². The zero-order chi connectivity index (χ0) is 27.8. The molecule has 3 N–H and O–H groups in total. The van der Waals surface area contributed by atoms with Gasteiger partial charge < -0.3 is 20.9 Å². The number of carbonyl (C=O) groups excluding carboxylic acids is 3. The van der Waals surface area contributed by atoms with E-state index >= 15 is 0 Å². The molecule has 1 aliphatic carbocycles. The number of hydrogen-bond acceptors (Lipinski definition) is 6. The summed E-state index contributed by atoms with van der Waals surface area (Å²) in [5, 5.41) is 9.93. The Morgan fingerprint density at radius 2 is 1.76 bits per heavy atom. The molecule has 0 bridgehead atoms. The van der Waals surface area contributed by atoms with Crippen LogP contribution in [0.2, 0.25) is 0 Å². The van der Waals surface area contributed by atoms with Crippen LogP contribution in [0.25, 0.3) is 10.2 Å². The second-order valence-electron chi connectivity index (χ2n) is 11.4. The molecule has 1 fully saturated rings. The van der Waals surface area contributed by atoms with Gasteiger partial charge in [-0.25, -0.2) is 4.98 Å². The number of carbonyl (C=O) groups is 3. The molecule has 3 amide bonds. The molecule has 0 saturated heterocycles. The molecule has 0 aliphatic heterocycles. The van der Waals surface area contributed by atoms with Crippen LogP contribution in [0, 0.1) is 11.8 Å². The van der Waals surface area contributed by atoms with Crippen LogP contribution < -0.4 is 16.0 Å². The van der Waals surface area contributed by atoms with Crippen molar-refractivity contribution in [3.05, 3.63) is 28.8 Å². The molecule has 1 aliphatic rings. The van der Waals surface area contributed by atoms with Gasteiger partial charge in [0.05, 0.1) is 15.2 Å². The summed E-state index contributed by atoms with van der Waals surface area (Å²) < 4.78 is 1.09. The highest BCUT2D eigenvalue weighted by molar-refractivity contribution is 7.18. The fourth-order valence-electron chi connectivity index (χ4n) is 5.24. The van der Waals surface area contributed by atoms with Gasteiger partial charge in [-0.2, -0.15) is 0 Å². The van der Waals surface area contributed by atoms with E-state index in [1.165, 1.54) is 18.9 Å². The summed E-state index contributed by atoms with van der Waals surface area (Å²) in [6, 6.07) is 5.37. The topological polar surface area (TPSA) is 103 Å². The molecule has 1 unspecified atom stereocenters. The van der Waals surface area contributed by atoms with E-state index in [2.05, 4.69) is 41.9 Å².